The Morgan fingerprint density at radius 1 is 0.818 bits per heavy atom. The zero-order valence-electron chi connectivity index (χ0n) is 17.9. The SMILES string of the molecule is COS(=O)(=O)c1ccc(Nc2cc(C)c(C#N)c(Nc3ccc(S(=O)(=O)OC)cc3)n2)cc1. The van der Waals surface area contributed by atoms with Gasteiger partial charge < -0.3 is 10.6 Å². The van der Waals surface area contributed by atoms with E-state index in [0.29, 0.717) is 28.3 Å². The number of nitrogens with one attached hydrogen (secondary N) is 2. The molecule has 2 N–H and O–H groups in total. The van der Waals surface area contributed by atoms with Crippen LogP contribution in [-0.4, -0.2) is 36.0 Å². The minimum absolute atomic E-state index is 0.00505. The van der Waals surface area contributed by atoms with Gasteiger partial charge in [-0.15, -0.1) is 0 Å². The lowest BCUT2D eigenvalue weighted by molar-refractivity contribution is 0.396. The van der Waals surface area contributed by atoms with Gasteiger partial charge in [0.1, 0.15) is 11.9 Å². The smallest absolute Gasteiger partial charge is 0.296 e. The van der Waals surface area contributed by atoms with E-state index >= 15 is 0 Å². The molecular formula is C21H20N4O6S2. The van der Waals surface area contributed by atoms with E-state index in [4.69, 9.17) is 0 Å². The number of aryl methyl sites for hydroxylation is 1. The van der Waals surface area contributed by atoms with Gasteiger partial charge >= 0.3 is 0 Å². The first-order valence-electron chi connectivity index (χ1n) is 9.37. The van der Waals surface area contributed by atoms with Gasteiger partial charge in [0.2, 0.25) is 0 Å². The maximum Gasteiger partial charge on any atom is 0.296 e. The van der Waals surface area contributed by atoms with E-state index in [1.807, 2.05) is 0 Å². The molecule has 2 aromatic carbocycles. The van der Waals surface area contributed by atoms with E-state index in [-0.39, 0.29) is 15.6 Å². The highest BCUT2D eigenvalue weighted by molar-refractivity contribution is 7.87. The number of hydrogen-bond acceptors (Lipinski definition) is 10. The molecule has 3 aromatic rings. The fourth-order valence-electron chi connectivity index (χ4n) is 2.86. The van der Waals surface area contributed by atoms with E-state index in [2.05, 4.69) is 30.1 Å². The van der Waals surface area contributed by atoms with Crippen molar-refractivity contribution in [3.63, 3.8) is 0 Å². The summed E-state index contributed by atoms with van der Waals surface area (Å²) in [5, 5.41) is 15.6. The number of anilines is 4. The summed E-state index contributed by atoms with van der Waals surface area (Å²) < 4.78 is 56.1. The number of pyridine rings is 1. The third-order valence-corrected chi connectivity index (χ3v) is 7.17. The predicted molar refractivity (Wildman–Crippen MR) is 122 cm³/mol. The topological polar surface area (TPSA) is 147 Å². The predicted octanol–water partition coefficient (Wildman–Crippen LogP) is 3.42. The first-order valence-corrected chi connectivity index (χ1v) is 12.2. The van der Waals surface area contributed by atoms with Crippen LogP contribution in [0.3, 0.4) is 0 Å². The van der Waals surface area contributed by atoms with Crippen LogP contribution in [0.4, 0.5) is 23.0 Å². The van der Waals surface area contributed by atoms with Crippen molar-refractivity contribution in [2.45, 2.75) is 16.7 Å². The summed E-state index contributed by atoms with van der Waals surface area (Å²) in [7, 11) is -5.44. The second-order valence-corrected chi connectivity index (χ2v) is 10.1. The second kappa shape index (κ2) is 9.55. The highest BCUT2D eigenvalue weighted by Gasteiger charge is 2.15. The summed E-state index contributed by atoms with van der Waals surface area (Å²) in [4.78, 5) is 4.45. The summed E-state index contributed by atoms with van der Waals surface area (Å²) in [6.07, 6.45) is 0. The Kier molecular flexibility index (Phi) is 6.99. The maximum absolute atomic E-state index is 11.8. The molecule has 33 heavy (non-hydrogen) atoms. The van der Waals surface area contributed by atoms with Gasteiger partial charge in [-0.1, -0.05) is 0 Å². The molecular weight excluding hydrogens is 468 g/mol. The Balaban J connectivity index is 1.88. The van der Waals surface area contributed by atoms with Gasteiger partial charge in [-0.2, -0.15) is 22.1 Å². The maximum atomic E-state index is 11.8. The number of rotatable bonds is 8. The van der Waals surface area contributed by atoms with E-state index in [0.717, 1.165) is 14.2 Å². The molecule has 12 heteroatoms. The summed E-state index contributed by atoms with van der Waals surface area (Å²) in [5.74, 6) is 0.677. The van der Waals surface area contributed by atoms with Gasteiger partial charge in [0.05, 0.1) is 29.6 Å². The Hall–Kier alpha value is -3.50. The number of nitrogens with zero attached hydrogens (tertiary/aromatic N) is 2. The summed E-state index contributed by atoms with van der Waals surface area (Å²) >= 11 is 0. The molecule has 1 aromatic heterocycles. The fraction of sp³-hybridized carbons (Fsp3) is 0.143. The van der Waals surface area contributed by atoms with Crippen LogP contribution in [0, 0.1) is 18.3 Å². The van der Waals surface area contributed by atoms with Crippen LogP contribution < -0.4 is 10.6 Å². The van der Waals surface area contributed by atoms with Gasteiger partial charge in [-0.3, -0.25) is 8.37 Å². The van der Waals surface area contributed by atoms with Crippen molar-refractivity contribution < 1.29 is 25.2 Å². The van der Waals surface area contributed by atoms with Crippen LogP contribution >= 0.6 is 0 Å². The Labute approximate surface area is 192 Å². The molecule has 0 radical (unpaired) electrons. The zero-order chi connectivity index (χ0) is 24.2. The minimum atomic E-state index is -3.81. The van der Waals surface area contributed by atoms with Crippen LogP contribution in [0.25, 0.3) is 0 Å². The Morgan fingerprint density at radius 3 is 1.70 bits per heavy atom. The lowest BCUT2D eigenvalue weighted by Gasteiger charge is -2.13. The molecule has 172 valence electrons. The van der Waals surface area contributed by atoms with Crippen LogP contribution in [-0.2, 0) is 28.6 Å². The van der Waals surface area contributed by atoms with Gasteiger partial charge in [0, 0.05) is 11.4 Å². The molecule has 0 aliphatic heterocycles. The molecule has 1 heterocycles. The average Bonchev–Trinajstić information content (AvgIpc) is 2.80. The van der Waals surface area contributed by atoms with Crippen molar-refractivity contribution in [2.75, 3.05) is 24.9 Å². The third kappa shape index (κ3) is 5.47. The number of aromatic nitrogens is 1. The van der Waals surface area contributed by atoms with Crippen molar-refractivity contribution in [1.29, 1.82) is 5.26 Å². The van der Waals surface area contributed by atoms with E-state index in [1.165, 1.54) is 36.4 Å². The van der Waals surface area contributed by atoms with Crippen LogP contribution in [0.15, 0.2) is 64.4 Å². The zero-order valence-corrected chi connectivity index (χ0v) is 19.5. The van der Waals surface area contributed by atoms with Crippen molar-refractivity contribution in [1.82, 2.24) is 4.98 Å². The lowest BCUT2D eigenvalue weighted by atomic mass is 10.1. The minimum Gasteiger partial charge on any atom is -0.340 e. The normalized spacial score (nSPS) is 11.6. The molecule has 0 unspecified atom stereocenters. The first-order chi connectivity index (χ1) is 15.6. The van der Waals surface area contributed by atoms with Crippen molar-refractivity contribution in [2.24, 2.45) is 0 Å². The molecule has 3 rings (SSSR count). The molecule has 0 aliphatic carbocycles. The highest BCUT2D eigenvalue weighted by atomic mass is 32.2. The van der Waals surface area contributed by atoms with E-state index < -0.39 is 20.2 Å². The van der Waals surface area contributed by atoms with Gasteiger partial charge in [-0.25, -0.2) is 4.98 Å². The molecule has 0 aliphatic rings. The quantitative estimate of drug-likeness (QED) is 0.452. The standard InChI is InChI=1S/C21H20N4O6S2/c1-14-12-20(23-15-4-8-17(9-5-15)32(26,27)30-2)25-21(19(14)13-22)24-16-6-10-18(11-7-16)33(28,29)31-3/h4-12H,1-3H3,(H2,23,24,25). The van der Waals surface area contributed by atoms with Crippen LogP contribution in [0.5, 0.6) is 0 Å². The summed E-state index contributed by atoms with van der Waals surface area (Å²) in [5.41, 5.74) is 2.05. The molecule has 0 fully saturated rings. The number of hydrogen-bond donors (Lipinski definition) is 2. The van der Waals surface area contributed by atoms with Crippen LogP contribution in [0.2, 0.25) is 0 Å². The molecule has 10 nitrogen and oxygen atoms in total. The number of benzene rings is 2. The third-order valence-electron chi connectivity index (χ3n) is 4.59. The molecule has 0 saturated heterocycles. The molecule has 0 amide bonds. The highest BCUT2D eigenvalue weighted by Crippen LogP contribution is 2.27. The molecule has 0 spiro atoms. The van der Waals surface area contributed by atoms with Gasteiger partial charge in [-0.05, 0) is 67.1 Å². The Bertz CT molecular complexity index is 1410. The van der Waals surface area contributed by atoms with Gasteiger partial charge in [0.15, 0.2) is 5.82 Å². The molecule has 0 bridgehead atoms. The lowest BCUT2D eigenvalue weighted by Crippen LogP contribution is -2.05. The van der Waals surface area contributed by atoms with Crippen molar-refractivity contribution >= 4 is 43.2 Å². The van der Waals surface area contributed by atoms with E-state index in [1.54, 1.807) is 25.1 Å². The van der Waals surface area contributed by atoms with Crippen molar-refractivity contribution in [3.8, 4) is 6.07 Å². The fourth-order valence-corrected chi connectivity index (χ4v) is 4.18. The Morgan fingerprint density at radius 2 is 1.27 bits per heavy atom. The van der Waals surface area contributed by atoms with E-state index in [9.17, 15) is 22.1 Å². The molecule has 0 atom stereocenters. The number of nitriles is 1. The van der Waals surface area contributed by atoms with Crippen molar-refractivity contribution in [3.05, 3.63) is 65.7 Å². The summed E-state index contributed by atoms with van der Waals surface area (Å²) in [6.45, 7) is 1.75. The second-order valence-electron chi connectivity index (χ2n) is 6.70. The monoisotopic (exact) mass is 488 g/mol. The van der Waals surface area contributed by atoms with Gasteiger partial charge in [0.25, 0.3) is 20.2 Å². The first kappa shape index (κ1) is 24.1. The average molecular weight is 489 g/mol. The van der Waals surface area contributed by atoms with Crippen LogP contribution in [0.1, 0.15) is 11.1 Å². The summed E-state index contributed by atoms with van der Waals surface area (Å²) in [6, 6.07) is 15.5. The molecule has 0 saturated carbocycles. The largest absolute Gasteiger partial charge is 0.340 e.